The van der Waals surface area contributed by atoms with Gasteiger partial charge in [-0.2, -0.15) is 0 Å². The molecule has 0 N–H and O–H groups in total. The van der Waals surface area contributed by atoms with Crippen LogP contribution in [0.4, 0.5) is 0 Å². The highest BCUT2D eigenvalue weighted by atomic mass is 16.7. The molecule has 6 heteroatoms. The van der Waals surface area contributed by atoms with Crippen molar-refractivity contribution < 1.29 is 19.1 Å². The van der Waals surface area contributed by atoms with E-state index in [1.165, 1.54) is 0 Å². The van der Waals surface area contributed by atoms with Crippen LogP contribution < -0.4 is 0 Å². The van der Waals surface area contributed by atoms with Crippen molar-refractivity contribution in [3.05, 3.63) is 0 Å². The number of rotatable bonds is 4. The summed E-state index contributed by atoms with van der Waals surface area (Å²) in [5.41, 5.74) is 0. The van der Waals surface area contributed by atoms with E-state index >= 15 is 0 Å². The van der Waals surface area contributed by atoms with E-state index in [1.807, 2.05) is 23.6 Å². The quantitative estimate of drug-likeness (QED) is 0.773. The predicted molar refractivity (Wildman–Crippen MR) is 80.0 cm³/mol. The molecule has 3 rings (SSSR count). The van der Waals surface area contributed by atoms with Gasteiger partial charge >= 0.3 is 0 Å². The van der Waals surface area contributed by atoms with Crippen LogP contribution in [-0.2, 0) is 19.1 Å². The molecule has 22 heavy (non-hydrogen) atoms. The van der Waals surface area contributed by atoms with E-state index in [0.29, 0.717) is 45.8 Å². The number of hydrogen-bond donors (Lipinski definition) is 0. The predicted octanol–water partition coefficient (Wildman–Crippen LogP) is 0.856. The first-order valence-electron chi connectivity index (χ1n) is 8.45. The summed E-state index contributed by atoms with van der Waals surface area (Å²) in [6.45, 7) is 8.02. The Labute approximate surface area is 131 Å². The molecular weight excluding hydrogens is 284 g/mol. The monoisotopic (exact) mass is 310 g/mol. The van der Waals surface area contributed by atoms with Crippen LogP contribution in [0.2, 0.25) is 0 Å². The number of ether oxygens (including phenoxy) is 2. The van der Waals surface area contributed by atoms with Gasteiger partial charge in [0.2, 0.25) is 11.8 Å². The number of amides is 2. The van der Waals surface area contributed by atoms with E-state index in [0.717, 1.165) is 12.8 Å². The number of nitrogens with zero attached hydrogens (tertiary/aromatic N) is 2. The van der Waals surface area contributed by atoms with Gasteiger partial charge in [0, 0.05) is 39.0 Å². The normalized spacial score (nSPS) is 29.6. The molecule has 0 bridgehead atoms. The van der Waals surface area contributed by atoms with Gasteiger partial charge in [-0.1, -0.05) is 0 Å². The average Bonchev–Trinajstić information content (AvgIpc) is 3.23. The Kier molecular flexibility index (Phi) is 4.41. The topological polar surface area (TPSA) is 59.1 Å². The fourth-order valence-corrected chi connectivity index (χ4v) is 3.60. The zero-order valence-corrected chi connectivity index (χ0v) is 13.5. The van der Waals surface area contributed by atoms with Crippen molar-refractivity contribution in [2.45, 2.75) is 38.9 Å². The van der Waals surface area contributed by atoms with Gasteiger partial charge in [-0.3, -0.25) is 9.59 Å². The van der Waals surface area contributed by atoms with Crippen LogP contribution in [0.3, 0.4) is 0 Å². The largest absolute Gasteiger partial charge is 0.347 e. The standard InChI is InChI=1S/C16H26N2O4/c1-3-17(4-2)14(19)12-11-13(12)15(20)18-7-5-16(6-8-18)21-9-10-22-16/h12-13H,3-11H2,1-2H3. The van der Waals surface area contributed by atoms with Crippen molar-refractivity contribution in [2.75, 3.05) is 39.4 Å². The first-order chi connectivity index (χ1) is 10.6. The van der Waals surface area contributed by atoms with Crippen LogP contribution in [-0.4, -0.2) is 66.8 Å². The average molecular weight is 310 g/mol. The fourth-order valence-electron chi connectivity index (χ4n) is 3.60. The van der Waals surface area contributed by atoms with Gasteiger partial charge in [0.1, 0.15) is 0 Å². The maximum absolute atomic E-state index is 12.6. The molecule has 1 saturated carbocycles. The smallest absolute Gasteiger partial charge is 0.226 e. The van der Waals surface area contributed by atoms with Crippen molar-refractivity contribution in [1.82, 2.24) is 9.80 Å². The lowest BCUT2D eigenvalue weighted by atomic mass is 10.0. The van der Waals surface area contributed by atoms with Crippen LogP contribution in [0.1, 0.15) is 33.1 Å². The summed E-state index contributed by atoms with van der Waals surface area (Å²) in [5, 5.41) is 0. The Balaban J connectivity index is 1.50. The van der Waals surface area contributed by atoms with Crippen molar-refractivity contribution in [3.8, 4) is 0 Å². The SMILES string of the molecule is CCN(CC)C(=O)C1CC1C(=O)N1CCC2(CC1)OCCO2. The van der Waals surface area contributed by atoms with Crippen molar-refractivity contribution in [1.29, 1.82) is 0 Å². The molecule has 0 aromatic rings. The second kappa shape index (κ2) is 6.16. The van der Waals surface area contributed by atoms with Crippen molar-refractivity contribution >= 4 is 11.8 Å². The molecule has 2 aliphatic heterocycles. The zero-order valence-electron chi connectivity index (χ0n) is 13.5. The molecule has 1 spiro atoms. The molecule has 3 fully saturated rings. The van der Waals surface area contributed by atoms with Crippen LogP contribution in [0, 0.1) is 11.8 Å². The molecular formula is C16H26N2O4. The first kappa shape index (κ1) is 15.7. The Morgan fingerprint density at radius 2 is 1.68 bits per heavy atom. The van der Waals surface area contributed by atoms with Gasteiger partial charge in [-0.25, -0.2) is 0 Å². The zero-order chi connectivity index (χ0) is 15.7. The number of piperidine rings is 1. The van der Waals surface area contributed by atoms with Gasteiger partial charge in [0.25, 0.3) is 0 Å². The molecule has 2 unspecified atom stereocenters. The minimum Gasteiger partial charge on any atom is -0.347 e. The number of hydrogen-bond acceptors (Lipinski definition) is 4. The highest BCUT2D eigenvalue weighted by Gasteiger charge is 2.51. The molecule has 1 aliphatic carbocycles. The van der Waals surface area contributed by atoms with Crippen LogP contribution in [0.15, 0.2) is 0 Å². The molecule has 124 valence electrons. The molecule has 2 amide bonds. The van der Waals surface area contributed by atoms with E-state index in [9.17, 15) is 9.59 Å². The van der Waals surface area contributed by atoms with Gasteiger partial charge in [0.05, 0.1) is 25.0 Å². The second-order valence-electron chi connectivity index (χ2n) is 6.39. The highest BCUT2D eigenvalue weighted by molar-refractivity contribution is 5.92. The Morgan fingerprint density at radius 3 is 2.23 bits per heavy atom. The summed E-state index contributed by atoms with van der Waals surface area (Å²) in [5.74, 6) is -0.371. The highest BCUT2D eigenvalue weighted by Crippen LogP contribution is 2.42. The molecule has 3 aliphatic rings. The third kappa shape index (κ3) is 2.86. The molecule has 2 atom stereocenters. The molecule has 0 radical (unpaired) electrons. The first-order valence-corrected chi connectivity index (χ1v) is 8.45. The Hall–Kier alpha value is -1.14. The fraction of sp³-hybridized carbons (Fsp3) is 0.875. The Morgan fingerprint density at radius 1 is 1.09 bits per heavy atom. The third-order valence-corrected chi connectivity index (χ3v) is 5.15. The molecule has 6 nitrogen and oxygen atoms in total. The van der Waals surface area contributed by atoms with E-state index in [2.05, 4.69) is 0 Å². The summed E-state index contributed by atoms with van der Waals surface area (Å²) < 4.78 is 11.4. The summed E-state index contributed by atoms with van der Waals surface area (Å²) >= 11 is 0. The minimum absolute atomic E-state index is 0.0951. The summed E-state index contributed by atoms with van der Waals surface area (Å²) in [6, 6.07) is 0. The van der Waals surface area contributed by atoms with Crippen LogP contribution in [0.25, 0.3) is 0 Å². The molecule has 2 heterocycles. The molecule has 2 saturated heterocycles. The van der Waals surface area contributed by atoms with Crippen LogP contribution >= 0.6 is 0 Å². The van der Waals surface area contributed by atoms with E-state index in [4.69, 9.17) is 9.47 Å². The van der Waals surface area contributed by atoms with E-state index < -0.39 is 5.79 Å². The van der Waals surface area contributed by atoms with Crippen molar-refractivity contribution in [3.63, 3.8) is 0 Å². The maximum atomic E-state index is 12.6. The summed E-state index contributed by atoms with van der Waals surface area (Å²) in [7, 11) is 0. The molecule has 0 aromatic heterocycles. The summed E-state index contributed by atoms with van der Waals surface area (Å²) in [4.78, 5) is 28.5. The van der Waals surface area contributed by atoms with E-state index in [1.54, 1.807) is 0 Å². The maximum Gasteiger partial charge on any atom is 0.226 e. The van der Waals surface area contributed by atoms with Gasteiger partial charge in [-0.15, -0.1) is 0 Å². The molecule has 0 aromatic carbocycles. The lowest BCUT2D eigenvalue weighted by Crippen LogP contribution is -2.48. The lowest BCUT2D eigenvalue weighted by Gasteiger charge is -2.37. The minimum atomic E-state index is -0.448. The second-order valence-corrected chi connectivity index (χ2v) is 6.39. The van der Waals surface area contributed by atoms with Gasteiger partial charge in [0.15, 0.2) is 5.79 Å². The number of carbonyl (C=O) groups excluding carboxylic acids is 2. The van der Waals surface area contributed by atoms with Gasteiger partial charge in [-0.05, 0) is 20.3 Å². The van der Waals surface area contributed by atoms with E-state index in [-0.39, 0.29) is 23.7 Å². The van der Waals surface area contributed by atoms with Crippen LogP contribution in [0.5, 0.6) is 0 Å². The Bertz CT molecular complexity index is 433. The summed E-state index contributed by atoms with van der Waals surface area (Å²) in [6.07, 6.45) is 2.18. The third-order valence-electron chi connectivity index (χ3n) is 5.15. The number of carbonyl (C=O) groups is 2. The lowest BCUT2D eigenvalue weighted by molar-refractivity contribution is -0.187. The van der Waals surface area contributed by atoms with Gasteiger partial charge < -0.3 is 19.3 Å². The number of likely N-dealkylation sites (tertiary alicyclic amines) is 1. The van der Waals surface area contributed by atoms with Crippen molar-refractivity contribution in [2.24, 2.45) is 11.8 Å².